The molecular weight excluding hydrogens is 789 g/mol. The van der Waals surface area contributed by atoms with Gasteiger partial charge in [0.2, 0.25) is 11.8 Å². The molecule has 4 aromatic rings. The van der Waals surface area contributed by atoms with Crippen molar-refractivity contribution in [3.8, 4) is 5.75 Å². The SMILES string of the molecule is COc1c(F)cc2cc1CCC(=O)Nc1ccc(S(=O)(=O)C3CC3)c(c1)CN(C)C(=O)C2Nc1ccc2c(N(C(=O)OC(C)(C)C)C(=O)OC(C)(C)C)ncc(F)c2c1. The minimum absolute atomic E-state index is 0.0142. The molecule has 59 heavy (non-hydrogen) atoms. The number of carbonyl (C=O) groups excluding carboxylic acids is 4. The molecule has 3 aromatic carbocycles. The number of rotatable bonds is 6. The normalized spacial score (nSPS) is 16.5. The molecule has 2 heterocycles. The molecule has 2 N–H and O–H groups in total. The number of carbonyl (C=O) groups is 4. The Morgan fingerprint density at radius 2 is 1.54 bits per heavy atom. The number of aromatic nitrogens is 1. The number of sulfone groups is 1. The second kappa shape index (κ2) is 16.1. The molecule has 1 saturated carbocycles. The molecule has 0 saturated heterocycles. The third-order valence-corrected chi connectivity index (χ3v) is 11.8. The van der Waals surface area contributed by atoms with Crippen LogP contribution in [0.3, 0.4) is 0 Å². The van der Waals surface area contributed by atoms with Gasteiger partial charge < -0.3 is 29.7 Å². The predicted octanol–water partition coefficient (Wildman–Crippen LogP) is 7.83. The number of halogens is 2. The van der Waals surface area contributed by atoms with Gasteiger partial charge in [0.05, 0.1) is 23.5 Å². The van der Waals surface area contributed by atoms with E-state index in [1.165, 1.54) is 61.5 Å². The van der Waals surface area contributed by atoms with E-state index in [9.17, 15) is 27.6 Å². The molecule has 6 rings (SSSR count). The molecule has 0 spiro atoms. The summed E-state index contributed by atoms with van der Waals surface area (Å²) < 4.78 is 74.9. The number of ether oxygens (including phenoxy) is 3. The highest BCUT2D eigenvalue weighted by molar-refractivity contribution is 7.92. The maximum atomic E-state index is 15.8. The first-order valence-corrected chi connectivity index (χ1v) is 20.5. The summed E-state index contributed by atoms with van der Waals surface area (Å²) >= 11 is 0. The summed E-state index contributed by atoms with van der Waals surface area (Å²) in [5, 5.41) is 5.23. The van der Waals surface area contributed by atoms with Crippen molar-refractivity contribution >= 4 is 61.8 Å². The molecule has 4 amide bonds. The van der Waals surface area contributed by atoms with Crippen molar-refractivity contribution in [2.45, 2.75) is 101 Å². The van der Waals surface area contributed by atoms with Gasteiger partial charge in [-0.05, 0) is 126 Å². The molecule has 1 aliphatic carbocycles. The van der Waals surface area contributed by atoms with Gasteiger partial charge in [-0.1, -0.05) is 0 Å². The van der Waals surface area contributed by atoms with Gasteiger partial charge in [0.25, 0.3) is 0 Å². The molecule has 1 aromatic heterocycles. The number of aryl methyl sites for hydroxylation is 1. The van der Waals surface area contributed by atoms with Crippen LogP contribution in [0.25, 0.3) is 10.8 Å². The van der Waals surface area contributed by atoms with Gasteiger partial charge in [-0.3, -0.25) is 9.59 Å². The van der Waals surface area contributed by atoms with Crippen LogP contribution in [-0.4, -0.2) is 72.9 Å². The topological polar surface area (TPSA) is 174 Å². The molecule has 2 aliphatic rings. The fraction of sp³-hybridized carbons (Fsp3) is 0.405. The second-order valence-electron chi connectivity index (χ2n) is 16.6. The standard InChI is InChI=1S/C42H47F2N5O9S/c1-41(2,3)57-39(52)49(40(53)58-42(4,5)6)37-29-14-10-27(20-30(29)32(44)21-45-37)47-35-24-17-23(36(56-8)31(43)19-24)9-16-34(50)46-26-11-15-33(59(54,55)28-12-13-28)25(18-26)22-48(7)38(35)51/h10-11,14-15,17-21,28,35,47H,9,12-13,16,22H2,1-8H3,(H,46,50). The smallest absolute Gasteiger partial charge is 0.425 e. The van der Waals surface area contributed by atoms with E-state index < -0.39 is 68.0 Å². The largest absolute Gasteiger partial charge is 0.493 e. The zero-order valence-electron chi connectivity index (χ0n) is 34.1. The maximum absolute atomic E-state index is 15.8. The van der Waals surface area contributed by atoms with Gasteiger partial charge in [-0.2, -0.15) is 4.90 Å². The molecule has 1 atom stereocenters. The van der Waals surface area contributed by atoms with E-state index in [1.807, 2.05) is 0 Å². The zero-order valence-corrected chi connectivity index (χ0v) is 34.9. The van der Waals surface area contributed by atoms with Crippen LogP contribution in [0.2, 0.25) is 0 Å². The average molecular weight is 836 g/mol. The maximum Gasteiger partial charge on any atom is 0.425 e. The predicted molar refractivity (Wildman–Crippen MR) is 216 cm³/mol. The van der Waals surface area contributed by atoms with Crippen molar-refractivity contribution in [2.24, 2.45) is 0 Å². The molecule has 314 valence electrons. The van der Waals surface area contributed by atoms with Crippen LogP contribution in [0.1, 0.15) is 83.5 Å². The summed E-state index contributed by atoms with van der Waals surface area (Å²) in [6.07, 6.45) is -0.474. The Labute approximate surface area is 341 Å². The first-order chi connectivity index (χ1) is 27.6. The van der Waals surface area contributed by atoms with Gasteiger partial charge in [0, 0.05) is 42.2 Å². The number of nitrogens with zero attached hydrogens (tertiary/aromatic N) is 3. The number of methoxy groups -OCH3 is 1. The van der Waals surface area contributed by atoms with E-state index in [0.29, 0.717) is 29.0 Å². The highest BCUT2D eigenvalue weighted by atomic mass is 32.2. The van der Waals surface area contributed by atoms with E-state index in [0.717, 1.165) is 12.3 Å². The molecule has 1 unspecified atom stereocenters. The number of amides is 4. The lowest BCUT2D eigenvalue weighted by molar-refractivity contribution is -0.131. The van der Waals surface area contributed by atoms with E-state index in [2.05, 4.69) is 15.6 Å². The van der Waals surface area contributed by atoms with Crippen molar-refractivity contribution in [1.82, 2.24) is 9.88 Å². The Kier molecular flexibility index (Phi) is 11.6. The Bertz CT molecular complexity index is 2430. The van der Waals surface area contributed by atoms with Crippen LogP contribution in [0.15, 0.2) is 59.6 Å². The Morgan fingerprint density at radius 1 is 0.881 bits per heavy atom. The summed E-state index contributed by atoms with van der Waals surface area (Å²) in [7, 11) is -0.994. The highest BCUT2D eigenvalue weighted by Crippen LogP contribution is 2.38. The van der Waals surface area contributed by atoms with E-state index >= 15 is 8.78 Å². The number of hydrogen-bond donors (Lipinski definition) is 2. The fourth-order valence-electron chi connectivity index (χ4n) is 6.67. The van der Waals surface area contributed by atoms with Crippen molar-refractivity contribution < 1.29 is 50.6 Å². The summed E-state index contributed by atoms with van der Waals surface area (Å²) in [6, 6.07) is 9.94. The van der Waals surface area contributed by atoms with Crippen LogP contribution in [0, 0.1) is 11.6 Å². The summed E-state index contributed by atoms with van der Waals surface area (Å²) in [4.78, 5) is 60.7. The van der Waals surface area contributed by atoms with Crippen LogP contribution < -0.4 is 20.3 Å². The molecule has 1 fully saturated rings. The van der Waals surface area contributed by atoms with Crippen molar-refractivity contribution in [2.75, 3.05) is 29.7 Å². The molecule has 17 heteroatoms. The van der Waals surface area contributed by atoms with Crippen molar-refractivity contribution in [1.29, 1.82) is 0 Å². The summed E-state index contributed by atoms with van der Waals surface area (Å²) in [5.74, 6) is -3.06. The second-order valence-corrected chi connectivity index (χ2v) is 18.8. The summed E-state index contributed by atoms with van der Waals surface area (Å²) in [5.41, 5.74) is -0.868. The molecule has 1 aliphatic heterocycles. The van der Waals surface area contributed by atoms with Crippen LogP contribution in [0.5, 0.6) is 5.75 Å². The average Bonchev–Trinajstić information content (AvgIpc) is 3.99. The quantitative estimate of drug-likeness (QED) is 0.194. The number of anilines is 3. The third kappa shape index (κ3) is 9.56. The lowest BCUT2D eigenvalue weighted by Gasteiger charge is -2.29. The Hall–Kier alpha value is -5.84. The number of benzene rings is 3. The van der Waals surface area contributed by atoms with Gasteiger partial charge >= 0.3 is 12.2 Å². The molecular formula is C42H47F2N5O9S. The third-order valence-electron chi connectivity index (χ3n) is 9.44. The van der Waals surface area contributed by atoms with E-state index in [-0.39, 0.29) is 63.4 Å². The number of fused-ring (bicyclic) bond motifs is 5. The van der Waals surface area contributed by atoms with Crippen molar-refractivity contribution in [3.05, 3.63) is 83.1 Å². The number of imide groups is 1. The number of pyridine rings is 1. The monoisotopic (exact) mass is 835 g/mol. The van der Waals surface area contributed by atoms with Gasteiger partial charge in [0.1, 0.15) is 23.1 Å². The lowest BCUT2D eigenvalue weighted by Crippen LogP contribution is -2.44. The number of nitrogens with one attached hydrogen (secondary N) is 2. The fourth-order valence-corrected chi connectivity index (χ4v) is 8.54. The molecule has 4 bridgehead atoms. The van der Waals surface area contributed by atoms with Crippen LogP contribution in [0.4, 0.5) is 35.6 Å². The minimum atomic E-state index is -3.74. The first-order valence-electron chi connectivity index (χ1n) is 18.9. The summed E-state index contributed by atoms with van der Waals surface area (Å²) in [6.45, 7) is 9.44. The number of hydrogen-bond acceptors (Lipinski definition) is 11. The zero-order chi connectivity index (χ0) is 43.2. The number of likely N-dealkylation sites (N-methyl/N-ethyl adjacent to an activating group) is 1. The Balaban J connectivity index is 1.45. The van der Waals surface area contributed by atoms with E-state index in [4.69, 9.17) is 14.2 Å². The van der Waals surface area contributed by atoms with Gasteiger partial charge in [-0.15, -0.1) is 0 Å². The Morgan fingerprint density at radius 3 is 2.15 bits per heavy atom. The lowest BCUT2D eigenvalue weighted by atomic mass is 9.98. The first kappa shape index (κ1) is 42.8. The van der Waals surface area contributed by atoms with Crippen molar-refractivity contribution in [3.63, 3.8) is 0 Å². The van der Waals surface area contributed by atoms with Gasteiger partial charge in [0.15, 0.2) is 27.2 Å². The minimum Gasteiger partial charge on any atom is -0.493 e. The molecule has 14 nitrogen and oxygen atoms in total. The van der Waals surface area contributed by atoms with E-state index in [1.54, 1.807) is 41.5 Å². The molecule has 0 radical (unpaired) electrons. The van der Waals surface area contributed by atoms with Gasteiger partial charge in [-0.25, -0.2) is 31.8 Å². The van der Waals surface area contributed by atoms with Crippen LogP contribution in [-0.2, 0) is 41.9 Å². The van der Waals surface area contributed by atoms with Crippen LogP contribution >= 0.6 is 0 Å². The highest BCUT2D eigenvalue weighted by Gasteiger charge is 2.39.